The Morgan fingerprint density at radius 2 is 1.71 bits per heavy atom. The molecule has 0 saturated heterocycles. The molecule has 1 saturated carbocycles. The van der Waals surface area contributed by atoms with E-state index in [1.807, 2.05) is 18.2 Å². The van der Waals surface area contributed by atoms with Gasteiger partial charge in [-0.25, -0.2) is 0 Å². The van der Waals surface area contributed by atoms with E-state index in [1.165, 1.54) is 12.8 Å². The quantitative estimate of drug-likeness (QED) is 0.844. The van der Waals surface area contributed by atoms with Crippen LogP contribution in [0.1, 0.15) is 57.4 Å². The second-order valence-electron chi connectivity index (χ2n) is 5.99. The van der Waals surface area contributed by atoms with Crippen molar-refractivity contribution in [1.29, 1.82) is 0 Å². The molecule has 2 rings (SSSR count). The zero-order valence-electron chi connectivity index (χ0n) is 13.3. The maximum absolute atomic E-state index is 12.5. The van der Waals surface area contributed by atoms with Crippen molar-refractivity contribution in [3.63, 3.8) is 0 Å². The van der Waals surface area contributed by atoms with Crippen molar-refractivity contribution in [3.05, 3.63) is 35.9 Å². The number of hydrogen-bond donors (Lipinski definition) is 2. The summed E-state index contributed by atoms with van der Waals surface area (Å²) in [7, 11) is 0. The Bertz CT molecular complexity index is 424. The molecule has 0 heterocycles. The summed E-state index contributed by atoms with van der Waals surface area (Å²) in [5.74, 6) is 0.174. The van der Waals surface area contributed by atoms with Gasteiger partial charge in [0.05, 0.1) is 5.92 Å². The normalized spacial score (nSPS) is 23.5. The van der Waals surface area contributed by atoms with Crippen molar-refractivity contribution < 1.29 is 4.79 Å². The van der Waals surface area contributed by atoms with Crippen LogP contribution in [0.5, 0.6) is 0 Å². The number of carbonyl (C=O) groups is 1. The molecule has 0 spiro atoms. The third kappa shape index (κ3) is 4.57. The van der Waals surface area contributed by atoms with Crippen LogP contribution < -0.4 is 10.6 Å². The number of carbonyl (C=O) groups excluding carboxylic acids is 1. The molecule has 1 amide bonds. The average molecular weight is 288 g/mol. The van der Waals surface area contributed by atoms with Gasteiger partial charge in [-0.2, -0.15) is 0 Å². The highest BCUT2D eigenvalue weighted by atomic mass is 16.1. The molecular formula is C18H28N2O. The Kier molecular flexibility index (Phi) is 6.24. The zero-order chi connectivity index (χ0) is 15.1. The lowest BCUT2D eigenvalue weighted by atomic mass is 9.89. The van der Waals surface area contributed by atoms with Gasteiger partial charge in [0, 0.05) is 12.1 Å². The largest absolute Gasteiger partial charge is 0.353 e. The van der Waals surface area contributed by atoms with Gasteiger partial charge in [0.25, 0.3) is 0 Å². The third-order valence-electron chi connectivity index (χ3n) is 4.49. The van der Waals surface area contributed by atoms with Crippen molar-refractivity contribution in [2.45, 2.75) is 64.0 Å². The first kappa shape index (κ1) is 16.0. The van der Waals surface area contributed by atoms with Gasteiger partial charge in [0.1, 0.15) is 0 Å². The molecule has 1 unspecified atom stereocenters. The highest BCUT2D eigenvalue weighted by Crippen LogP contribution is 2.22. The second kappa shape index (κ2) is 8.18. The molecule has 2 N–H and O–H groups in total. The molecule has 1 aromatic rings. The molecule has 1 atom stereocenters. The molecule has 1 aliphatic carbocycles. The predicted molar refractivity (Wildman–Crippen MR) is 87.3 cm³/mol. The summed E-state index contributed by atoms with van der Waals surface area (Å²) in [4.78, 5) is 12.5. The van der Waals surface area contributed by atoms with Gasteiger partial charge in [-0.1, -0.05) is 44.2 Å². The van der Waals surface area contributed by atoms with Crippen molar-refractivity contribution >= 4 is 5.91 Å². The van der Waals surface area contributed by atoms with Gasteiger partial charge in [0.2, 0.25) is 5.91 Å². The van der Waals surface area contributed by atoms with E-state index < -0.39 is 0 Å². The van der Waals surface area contributed by atoms with Gasteiger partial charge in [-0.3, -0.25) is 4.79 Å². The molecule has 3 nitrogen and oxygen atoms in total. The molecule has 1 aromatic carbocycles. The maximum Gasteiger partial charge on any atom is 0.227 e. The van der Waals surface area contributed by atoms with Crippen LogP contribution >= 0.6 is 0 Å². The molecule has 0 radical (unpaired) electrons. The fourth-order valence-corrected chi connectivity index (χ4v) is 3.29. The van der Waals surface area contributed by atoms with Crippen LogP contribution in [-0.2, 0) is 4.79 Å². The Labute approximate surface area is 128 Å². The topological polar surface area (TPSA) is 41.1 Å². The van der Waals surface area contributed by atoms with Crippen LogP contribution in [0.2, 0.25) is 0 Å². The van der Waals surface area contributed by atoms with Crippen LogP contribution in [0.25, 0.3) is 0 Å². The lowest BCUT2D eigenvalue weighted by molar-refractivity contribution is -0.123. The summed E-state index contributed by atoms with van der Waals surface area (Å²) in [6.45, 7) is 5.27. The number of rotatable bonds is 6. The van der Waals surface area contributed by atoms with E-state index in [0.29, 0.717) is 12.1 Å². The third-order valence-corrected chi connectivity index (χ3v) is 4.49. The first-order valence-electron chi connectivity index (χ1n) is 8.33. The molecule has 0 aliphatic heterocycles. The molecule has 1 aliphatic rings. The zero-order valence-corrected chi connectivity index (χ0v) is 13.3. The van der Waals surface area contributed by atoms with Crippen molar-refractivity contribution in [3.8, 4) is 0 Å². The number of benzene rings is 1. The second-order valence-corrected chi connectivity index (χ2v) is 5.99. The summed E-state index contributed by atoms with van der Waals surface area (Å²) in [5, 5.41) is 6.77. The highest BCUT2D eigenvalue weighted by Gasteiger charge is 2.25. The van der Waals surface area contributed by atoms with Crippen LogP contribution in [0, 0.1) is 0 Å². The molecule has 0 aromatic heterocycles. The summed E-state index contributed by atoms with van der Waals surface area (Å²) in [6, 6.07) is 11.1. The highest BCUT2D eigenvalue weighted by molar-refractivity contribution is 5.83. The Morgan fingerprint density at radius 3 is 2.29 bits per heavy atom. The summed E-state index contributed by atoms with van der Waals surface area (Å²) in [5.41, 5.74) is 1.12. The minimum absolute atomic E-state index is 0.0160. The minimum Gasteiger partial charge on any atom is -0.353 e. The monoisotopic (exact) mass is 288 g/mol. The molecular weight excluding hydrogens is 260 g/mol. The lowest BCUT2D eigenvalue weighted by Gasteiger charge is -2.30. The Morgan fingerprint density at radius 1 is 1.10 bits per heavy atom. The molecule has 3 heteroatoms. The SMILES string of the molecule is CCNC1CCC(NC(=O)C(CC)c2ccccc2)CC1. The standard InChI is InChI=1S/C18H28N2O/c1-3-17(14-8-6-5-7-9-14)18(21)20-16-12-10-15(11-13-16)19-4-2/h5-9,15-17,19H,3-4,10-13H2,1-2H3,(H,20,21). The van der Waals surface area contributed by atoms with Crippen molar-refractivity contribution in [1.82, 2.24) is 10.6 Å². The van der Waals surface area contributed by atoms with E-state index in [1.54, 1.807) is 0 Å². The van der Waals surface area contributed by atoms with Crippen molar-refractivity contribution in [2.24, 2.45) is 0 Å². The van der Waals surface area contributed by atoms with Gasteiger partial charge in [-0.15, -0.1) is 0 Å². The summed E-state index contributed by atoms with van der Waals surface area (Å²) in [6.07, 6.45) is 5.37. The molecule has 21 heavy (non-hydrogen) atoms. The number of hydrogen-bond acceptors (Lipinski definition) is 2. The summed E-state index contributed by atoms with van der Waals surface area (Å²) < 4.78 is 0. The van der Waals surface area contributed by atoms with Crippen LogP contribution in [0.3, 0.4) is 0 Å². The van der Waals surface area contributed by atoms with E-state index in [2.05, 4.69) is 36.6 Å². The summed E-state index contributed by atoms with van der Waals surface area (Å²) >= 11 is 0. The predicted octanol–water partition coefficient (Wildman–Crippen LogP) is 3.22. The fraction of sp³-hybridized carbons (Fsp3) is 0.611. The number of amides is 1. The average Bonchev–Trinajstić information content (AvgIpc) is 2.51. The van der Waals surface area contributed by atoms with Crippen LogP contribution in [-0.4, -0.2) is 24.5 Å². The first-order chi connectivity index (χ1) is 10.2. The van der Waals surface area contributed by atoms with E-state index in [0.717, 1.165) is 31.4 Å². The van der Waals surface area contributed by atoms with Gasteiger partial charge in [-0.05, 0) is 44.2 Å². The molecule has 0 bridgehead atoms. The van der Waals surface area contributed by atoms with Gasteiger partial charge in [0.15, 0.2) is 0 Å². The molecule has 116 valence electrons. The maximum atomic E-state index is 12.5. The Balaban J connectivity index is 1.86. The minimum atomic E-state index is -0.0160. The van der Waals surface area contributed by atoms with Gasteiger partial charge >= 0.3 is 0 Å². The number of nitrogens with one attached hydrogen (secondary N) is 2. The first-order valence-corrected chi connectivity index (χ1v) is 8.33. The smallest absolute Gasteiger partial charge is 0.227 e. The van der Waals surface area contributed by atoms with Gasteiger partial charge < -0.3 is 10.6 Å². The van der Waals surface area contributed by atoms with Crippen molar-refractivity contribution in [2.75, 3.05) is 6.54 Å². The van der Waals surface area contributed by atoms with E-state index in [9.17, 15) is 4.79 Å². The fourth-order valence-electron chi connectivity index (χ4n) is 3.29. The van der Waals surface area contributed by atoms with Crippen LogP contribution in [0.15, 0.2) is 30.3 Å². The van der Waals surface area contributed by atoms with E-state index in [4.69, 9.17) is 0 Å². The molecule has 1 fully saturated rings. The van der Waals surface area contributed by atoms with Crippen LogP contribution in [0.4, 0.5) is 0 Å². The van der Waals surface area contributed by atoms with E-state index in [-0.39, 0.29) is 11.8 Å². The Hall–Kier alpha value is -1.35. The van der Waals surface area contributed by atoms with E-state index >= 15 is 0 Å². The lowest BCUT2D eigenvalue weighted by Crippen LogP contribution is -2.43.